The van der Waals surface area contributed by atoms with Gasteiger partial charge in [0.25, 0.3) is 0 Å². The molecule has 0 fully saturated rings. The highest BCUT2D eigenvalue weighted by Gasteiger charge is 2.59. The predicted molar refractivity (Wildman–Crippen MR) is 159 cm³/mol. The molecule has 0 aromatic heterocycles. The van der Waals surface area contributed by atoms with Gasteiger partial charge < -0.3 is 98.2 Å². The van der Waals surface area contributed by atoms with Crippen LogP contribution in [0.4, 0.5) is 0 Å². The van der Waals surface area contributed by atoms with E-state index in [1.165, 1.54) is 0 Å². The Hall–Kier alpha value is 0.588. The van der Waals surface area contributed by atoms with E-state index in [0.29, 0.717) is 0 Å². The van der Waals surface area contributed by atoms with E-state index < -0.39 is 179 Å². The van der Waals surface area contributed by atoms with Gasteiger partial charge in [-0.1, -0.05) is 13.1 Å². The van der Waals surface area contributed by atoms with Gasteiger partial charge in [-0.15, -0.1) is 0 Å². The van der Waals surface area contributed by atoms with Gasteiger partial charge in [0, 0.05) is 0 Å². The summed E-state index contributed by atoms with van der Waals surface area (Å²) in [4.78, 5) is 0. The predicted octanol–water partition coefficient (Wildman–Crippen LogP) is -10.2. The van der Waals surface area contributed by atoms with E-state index in [1.54, 1.807) is 0 Å². The van der Waals surface area contributed by atoms with Crippen LogP contribution in [0.2, 0.25) is 13.1 Å². The lowest BCUT2D eigenvalue weighted by Gasteiger charge is -2.12. The molecular weight excluding hydrogens is 1020 g/mol. The summed E-state index contributed by atoms with van der Waals surface area (Å²) in [5, 5.41) is 0. The van der Waals surface area contributed by atoms with Crippen molar-refractivity contribution in [3.05, 3.63) is 0 Å². The molecule has 22 nitrogen and oxygen atoms in total. The molecule has 45 heteroatoms. The molecule has 0 atom stereocenters. The normalized spacial score (nSPS) is 10.1. The van der Waals surface area contributed by atoms with E-state index in [0.717, 1.165) is 13.1 Å². The number of rotatable bonds is 22. The van der Waals surface area contributed by atoms with Crippen LogP contribution in [0.5, 0.6) is 0 Å². The molecular formula is C2H6O22Si23. The van der Waals surface area contributed by atoms with Crippen molar-refractivity contribution < 1.29 is 98.2 Å². The van der Waals surface area contributed by atoms with Crippen molar-refractivity contribution in [1.82, 2.24) is 0 Å². The smallest absolute Gasteiger partial charge is 0.381 e. The van der Waals surface area contributed by atoms with E-state index in [2.05, 4.69) is 0 Å². The maximum absolute atomic E-state index is 13.1. The molecule has 0 aliphatic carbocycles. The van der Waals surface area contributed by atoms with E-state index >= 15 is 0 Å². The minimum Gasteiger partial charge on any atom is -0.389 e. The average Bonchev–Trinajstić information content (AvgIpc) is 3.07. The van der Waals surface area contributed by atoms with Crippen molar-refractivity contribution in [2.45, 2.75) is 13.1 Å². The Morgan fingerprint density at radius 2 is 0.426 bits per heavy atom. The number of hydrogen-bond donors (Lipinski definition) is 0. The molecule has 0 aliphatic rings. The van der Waals surface area contributed by atoms with Crippen LogP contribution in [-0.2, 0) is 98.2 Å². The topological polar surface area (TPSA) is 376 Å². The summed E-state index contributed by atoms with van der Waals surface area (Å²) in [5.74, 6) is 0. The molecule has 0 aromatic carbocycles. The summed E-state index contributed by atoms with van der Waals surface area (Å²) in [6.45, 7) is 1.72. The van der Waals surface area contributed by atoms with Gasteiger partial charge in [-0.25, -0.2) is 0 Å². The van der Waals surface area contributed by atoms with Gasteiger partial charge in [0.1, 0.15) is 0 Å². The lowest BCUT2D eigenvalue weighted by Crippen LogP contribution is -2.64. The van der Waals surface area contributed by atoms with Gasteiger partial charge in [0.05, 0.1) is 0 Å². The van der Waals surface area contributed by atoms with Crippen LogP contribution in [0, 0.1) is 0 Å². The van der Waals surface area contributed by atoms with Gasteiger partial charge in [0.15, 0.2) is 7.11 Å². The lowest BCUT2D eigenvalue weighted by atomic mass is 11.9. The lowest BCUT2D eigenvalue weighted by molar-refractivity contribution is 0.534. The molecule has 0 N–H and O–H groups in total. The maximum atomic E-state index is 13.1. The van der Waals surface area contributed by atoms with Crippen molar-refractivity contribution >= 4 is 179 Å². The van der Waals surface area contributed by atoms with Crippen molar-refractivity contribution in [3.8, 4) is 0 Å². The van der Waals surface area contributed by atoms with Crippen molar-refractivity contribution in [1.29, 1.82) is 0 Å². The van der Waals surface area contributed by atoms with Crippen LogP contribution in [-0.4, -0.2) is 179 Å². The van der Waals surface area contributed by atoms with Crippen molar-refractivity contribution in [2.75, 3.05) is 0 Å². The highest BCUT2D eigenvalue weighted by Crippen LogP contribution is 2.05. The standard InChI is InChI=1S/C2H6O22Si23/c1-47(2,45(23)43(21)41(19)39(17)37(15)35(13)33(11)31(9)29(7)27(5)25-3)46(24)44(22)42(20)40(18)38(16)36(14)34(12)32(10)30(8)28(6)26-4/h1-2H3. The van der Waals surface area contributed by atoms with Crippen LogP contribution in [0.1, 0.15) is 0 Å². The monoisotopic (exact) mass is 1030 g/mol. The summed E-state index contributed by atoms with van der Waals surface area (Å²) in [5.41, 5.74) is 0. The molecule has 47 heavy (non-hydrogen) atoms. The second-order valence-electron chi connectivity index (χ2n) is 8.41. The van der Waals surface area contributed by atoms with Crippen LogP contribution < -0.4 is 0 Å². The number of hydrogen-bond acceptors (Lipinski definition) is 22. The largest absolute Gasteiger partial charge is 0.389 e. The molecule has 0 spiro atoms. The Morgan fingerprint density at radius 3 is 0.596 bits per heavy atom. The first-order chi connectivity index (χ1) is 21.4. The SMILES string of the molecule is C[Si](C)([Si](=O)[Si](=O)[Si](=O)[Si](=O)[Si](=O)[Si](=O)[Si](=O)[Si](=O)[Si](=O)[Si](=O)[Si]=O)[Si](=O)[Si](=O)[Si](=O)[Si](=O)[Si](=O)[Si](=O)[Si](=O)[Si](=O)[Si](=O)[Si](=O)[Si]=O. The molecule has 0 rings (SSSR count). The van der Waals surface area contributed by atoms with Crippen LogP contribution >= 0.6 is 0 Å². The van der Waals surface area contributed by atoms with Crippen molar-refractivity contribution in [3.63, 3.8) is 0 Å². The zero-order valence-corrected chi connectivity index (χ0v) is 45.5. The molecule has 0 unspecified atom stereocenters. The zero-order valence-electron chi connectivity index (χ0n) is 22.5. The van der Waals surface area contributed by atoms with Crippen LogP contribution in [0.3, 0.4) is 0 Å². The fourth-order valence-electron chi connectivity index (χ4n) is 2.41. The Labute approximate surface area is 288 Å². The quantitative estimate of drug-likeness (QED) is 0.0909. The molecule has 0 heterocycles. The van der Waals surface area contributed by atoms with E-state index in [9.17, 15) is 98.2 Å². The van der Waals surface area contributed by atoms with Crippen LogP contribution in [0.25, 0.3) is 0 Å². The third kappa shape index (κ3) is 11.8. The summed E-state index contributed by atoms with van der Waals surface area (Å²) in [7, 11) is -89.0. The zero-order chi connectivity index (χ0) is 37.5. The summed E-state index contributed by atoms with van der Waals surface area (Å²) in [6.07, 6.45) is 0. The third-order valence-corrected chi connectivity index (χ3v) is 181. The van der Waals surface area contributed by atoms with E-state index in [4.69, 9.17) is 0 Å². The second kappa shape index (κ2) is 20.6. The Bertz CT molecular complexity index is 1700. The van der Waals surface area contributed by atoms with Gasteiger partial charge in [0.2, 0.25) is 0 Å². The fraction of sp³-hybridized carbons (Fsp3) is 1.00. The summed E-state index contributed by atoms with van der Waals surface area (Å²) < 4.78 is 267. The molecule has 238 valence electrons. The van der Waals surface area contributed by atoms with Gasteiger partial charge >= 0.3 is 172 Å². The Balaban J connectivity index is 5.94. The van der Waals surface area contributed by atoms with E-state index in [1.807, 2.05) is 0 Å². The minimum absolute atomic E-state index is 0.861. The van der Waals surface area contributed by atoms with Gasteiger partial charge in [-0.05, 0) is 0 Å². The molecule has 0 aliphatic heterocycles. The molecule has 0 saturated carbocycles. The van der Waals surface area contributed by atoms with Gasteiger partial charge in [-0.3, -0.25) is 0 Å². The first kappa shape index (κ1) is 47.6. The van der Waals surface area contributed by atoms with E-state index in [-0.39, 0.29) is 0 Å². The molecule has 0 aromatic rings. The van der Waals surface area contributed by atoms with Gasteiger partial charge in [-0.2, -0.15) is 0 Å². The molecule has 0 bridgehead atoms. The maximum Gasteiger partial charge on any atom is 0.381 e. The second-order valence-corrected chi connectivity index (χ2v) is 120. The third-order valence-electron chi connectivity index (χ3n) is 5.03. The van der Waals surface area contributed by atoms with Crippen LogP contribution in [0.15, 0.2) is 0 Å². The molecule has 0 saturated heterocycles. The molecule has 2 radical (unpaired) electrons. The minimum atomic E-state index is -4.30. The Kier molecular flexibility index (Phi) is 20.8. The highest BCUT2D eigenvalue weighted by atomic mass is 30.1. The average molecular weight is 1030 g/mol. The first-order valence-electron chi connectivity index (χ1n) is 11.0. The first-order valence-corrected chi connectivity index (χ1v) is 66.0. The molecule has 0 amide bonds. The van der Waals surface area contributed by atoms with Crippen molar-refractivity contribution in [2.24, 2.45) is 0 Å². The Morgan fingerprint density at radius 1 is 0.277 bits per heavy atom. The highest BCUT2D eigenvalue weighted by molar-refractivity contribution is 7.86. The summed E-state index contributed by atoms with van der Waals surface area (Å²) >= 11 is 0. The fourth-order valence-corrected chi connectivity index (χ4v) is 259. The summed E-state index contributed by atoms with van der Waals surface area (Å²) in [6, 6.07) is 0.